The van der Waals surface area contributed by atoms with Gasteiger partial charge in [0.2, 0.25) is 11.8 Å². The van der Waals surface area contributed by atoms with E-state index in [9.17, 15) is 18.0 Å². The summed E-state index contributed by atoms with van der Waals surface area (Å²) in [5.41, 5.74) is 4.63. The molecule has 1 aliphatic carbocycles. The largest absolute Gasteiger partial charge is 0.573 e. The molecule has 1 amide bonds. The van der Waals surface area contributed by atoms with Crippen molar-refractivity contribution in [1.29, 1.82) is 0 Å². The van der Waals surface area contributed by atoms with Crippen molar-refractivity contribution >= 4 is 5.91 Å². The third-order valence-electron chi connectivity index (χ3n) is 7.92. The van der Waals surface area contributed by atoms with Crippen molar-refractivity contribution in [3.63, 3.8) is 0 Å². The zero-order valence-corrected chi connectivity index (χ0v) is 21.7. The molecule has 2 aliphatic heterocycles. The van der Waals surface area contributed by atoms with Gasteiger partial charge in [-0.1, -0.05) is 29.4 Å². The number of halogens is 3. The Labute approximate surface area is 223 Å². The molecule has 6 rings (SSSR count). The molecule has 2 aromatic carbocycles. The van der Waals surface area contributed by atoms with Gasteiger partial charge in [-0.25, -0.2) is 0 Å². The van der Waals surface area contributed by atoms with Gasteiger partial charge < -0.3 is 19.3 Å². The average Bonchev–Trinajstić information content (AvgIpc) is 3.57. The van der Waals surface area contributed by atoms with Crippen LogP contribution in [0.5, 0.6) is 5.75 Å². The summed E-state index contributed by atoms with van der Waals surface area (Å²) in [6.07, 6.45) is -3.36. The second kappa shape index (κ2) is 9.63. The van der Waals surface area contributed by atoms with Crippen LogP contribution in [0.25, 0.3) is 11.1 Å². The normalized spacial score (nSPS) is 22.1. The number of aryl methyl sites for hydroxylation is 1. The summed E-state index contributed by atoms with van der Waals surface area (Å²) in [4.78, 5) is 19.6. The Morgan fingerprint density at radius 3 is 2.74 bits per heavy atom. The first-order chi connectivity index (χ1) is 18.6. The van der Waals surface area contributed by atoms with E-state index in [1.54, 1.807) is 19.1 Å². The average molecular weight is 543 g/mol. The van der Waals surface area contributed by atoms with E-state index in [4.69, 9.17) is 9.26 Å². The number of nitrogens with zero attached hydrogens (tertiary/aromatic N) is 3. The zero-order valence-electron chi connectivity index (χ0n) is 21.7. The van der Waals surface area contributed by atoms with E-state index in [1.807, 2.05) is 12.1 Å². The van der Waals surface area contributed by atoms with Crippen LogP contribution in [0.1, 0.15) is 47.7 Å². The summed E-state index contributed by atoms with van der Waals surface area (Å²) in [5, 5.41) is 6.89. The summed E-state index contributed by atoms with van der Waals surface area (Å²) in [6.45, 7) is 7.06. The van der Waals surface area contributed by atoms with Gasteiger partial charge in [-0.3, -0.25) is 9.69 Å². The minimum Gasteiger partial charge on any atom is -0.406 e. The molecule has 0 radical (unpaired) electrons. The van der Waals surface area contributed by atoms with Crippen LogP contribution in [0, 0.1) is 12.8 Å². The van der Waals surface area contributed by atoms with Gasteiger partial charge in [0, 0.05) is 19.6 Å². The van der Waals surface area contributed by atoms with Crippen LogP contribution in [-0.2, 0) is 29.0 Å². The Balaban J connectivity index is 1.25. The molecule has 1 N–H and O–H groups in total. The van der Waals surface area contributed by atoms with E-state index < -0.39 is 6.36 Å². The number of carbonyl (C=O) groups is 1. The topological polar surface area (TPSA) is 89.7 Å². The van der Waals surface area contributed by atoms with E-state index in [-0.39, 0.29) is 29.0 Å². The number of hydrogen-bond donors (Lipinski definition) is 1. The smallest absolute Gasteiger partial charge is 0.406 e. The fourth-order valence-electron chi connectivity index (χ4n) is 5.61. The molecule has 3 heterocycles. The predicted molar refractivity (Wildman–Crippen MR) is 134 cm³/mol. The lowest BCUT2D eigenvalue weighted by Crippen LogP contribution is -2.61. The first-order valence-electron chi connectivity index (χ1n) is 13.0. The summed E-state index contributed by atoms with van der Waals surface area (Å²) in [7, 11) is 0. The Morgan fingerprint density at radius 2 is 2.05 bits per heavy atom. The predicted octanol–water partition coefficient (Wildman–Crippen LogP) is 4.51. The second-order valence-electron chi connectivity index (χ2n) is 10.8. The summed E-state index contributed by atoms with van der Waals surface area (Å²) >= 11 is 0. The van der Waals surface area contributed by atoms with Crippen LogP contribution in [0.2, 0.25) is 0 Å². The van der Waals surface area contributed by atoms with Crippen molar-refractivity contribution in [3.05, 3.63) is 64.8 Å². The molecule has 3 aliphatic rings. The SMILES string of the molecule is Cc1noc([C@@H]2C[C@H]2C(=O)NCc2ccc(-c3cccc(OC(F)(F)F)c3)c3c2CN(C2(C)COC2)CC3)n1. The van der Waals surface area contributed by atoms with Crippen molar-refractivity contribution in [3.8, 4) is 16.9 Å². The number of nitrogens with one attached hydrogen (secondary N) is 1. The van der Waals surface area contributed by atoms with Crippen molar-refractivity contribution in [2.45, 2.75) is 57.6 Å². The molecule has 2 atom stereocenters. The van der Waals surface area contributed by atoms with Crippen molar-refractivity contribution < 1.29 is 32.0 Å². The number of rotatable bonds is 7. The monoisotopic (exact) mass is 542 g/mol. The fourth-order valence-corrected chi connectivity index (χ4v) is 5.61. The van der Waals surface area contributed by atoms with Crippen LogP contribution in [0.15, 0.2) is 40.9 Å². The zero-order chi connectivity index (χ0) is 27.4. The van der Waals surface area contributed by atoms with E-state index in [2.05, 4.69) is 32.0 Å². The number of aromatic nitrogens is 2. The number of ether oxygens (including phenoxy) is 2. The number of alkyl halides is 3. The van der Waals surface area contributed by atoms with Gasteiger partial charge in [-0.2, -0.15) is 4.98 Å². The van der Waals surface area contributed by atoms with Gasteiger partial charge in [-0.15, -0.1) is 13.2 Å². The quantitative estimate of drug-likeness (QED) is 0.470. The lowest BCUT2D eigenvalue weighted by Gasteiger charge is -2.49. The van der Waals surface area contributed by atoms with E-state index in [1.165, 1.54) is 12.1 Å². The first-order valence-corrected chi connectivity index (χ1v) is 13.0. The van der Waals surface area contributed by atoms with E-state index >= 15 is 0 Å². The van der Waals surface area contributed by atoms with Crippen LogP contribution >= 0.6 is 0 Å². The van der Waals surface area contributed by atoms with Crippen molar-refractivity contribution in [1.82, 2.24) is 20.4 Å². The number of fused-ring (bicyclic) bond motifs is 1. The standard InChI is InChI=1S/C28H29F3N4O4/c1-16-33-26(39-34-16)23-11-22(23)25(36)32-12-18-6-7-20(17-4-3-5-19(10-17)38-28(29,30)31)21-8-9-35(13-24(18)21)27(2)14-37-15-27/h3-7,10,22-23H,8-9,11-15H2,1-2H3,(H,32,36)/t22-,23-/m1/s1. The van der Waals surface area contributed by atoms with Crippen LogP contribution in [-0.4, -0.2) is 52.6 Å². The molecule has 3 aromatic rings. The van der Waals surface area contributed by atoms with Crippen LogP contribution < -0.4 is 10.1 Å². The van der Waals surface area contributed by atoms with Gasteiger partial charge in [0.05, 0.1) is 30.6 Å². The molecular weight excluding hydrogens is 513 g/mol. The summed E-state index contributed by atoms with van der Waals surface area (Å²) < 4.78 is 53.4. The third kappa shape index (κ3) is 5.25. The minimum absolute atomic E-state index is 0.0530. The van der Waals surface area contributed by atoms with Crippen LogP contribution in [0.3, 0.4) is 0 Å². The summed E-state index contributed by atoms with van der Waals surface area (Å²) in [5.74, 6) is 0.488. The number of carbonyl (C=O) groups excluding carboxylic acids is 1. The highest BCUT2D eigenvalue weighted by atomic mass is 19.4. The molecule has 11 heteroatoms. The molecule has 1 saturated heterocycles. The second-order valence-corrected chi connectivity index (χ2v) is 10.8. The summed E-state index contributed by atoms with van der Waals surface area (Å²) in [6, 6.07) is 9.96. The van der Waals surface area contributed by atoms with Gasteiger partial charge in [0.25, 0.3) is 0 Å². The molecule has 39 heavy (non-hydrogen) atoms. The van der Waals surface area contributed by atoms with Gasteiger partial charge in [0.1, 0.15) is 5.75 Å². The highest BCUT2D eigenvalue weighted by molar-refractivity contribution is 5.82. The highest BCUT2D eigenvalue weighted by Crippen LogP contribution is 2.47. The lowest BCUT2D eigenvalue weighted by atomic mass is 9.85. The molecule has 8 nitrogen and oxygen atoms in total. The molecule has 0 bridgehead atoms. The van der Waals surface area contributed by atoms with Gasteiger partial charge >= 0.3 is 6.36 Å². The Kier molecular flexibility index (Phi) is 6.38. The van der Waals surface area contributed by atoms with Gasteiger partial charge in [-0.05, 0) is 66.6 Å². The Morgan fingerprint density at radius 1 is 1.23 bits per heavy atom. The minimum atomic E-state index is -4.76. The van der Waals surface area contributed by atoms with E-state index in [0.29, 0.717) is 50.0 Å². The Bertz CT molecular complexity index is 1400. The molecule has 2 fully saturated rings. The third-order valence-corrected chi connectivity index (χ3v) is 7.92. The highest BCUT2D eigenvalue weighted by Gasteiger charge is 2.47. The van der Waals surface area contributed by atoms with Crippen LogP contribution in [0.4, 0.5) is 13.2 Å². The van der Waals surface area contributed by atoms with Crippen molar-refractivity contribution in [2.75, 3.05) is 19.8 Å². The number of hydrogen-bond acceptors (Lipinski definition) is 7. The Hall–Kier alpha value is -3.44. The number of benzene rings is 2. The fraction of sp³-hybridized carbons (Fsp3) is 0.464. The maximum absolute atomic E-state index is 12.9. The molecule has 1 aromatic heterocycles. The van der Waals surface area contributed by atoms with E-state index in [0.717, 1.165) is 35.2 Å². The maximum atomic E-state index is 12.9. The number of amides is 1. The lowest BCUT2D eigenvalue weighted by molar-refractivity contribution is -0.274. The maximum Gasteiger partial charge on any atom is 0.573 e. The molecular formula is C28H29F3N4O4. The molecule has 1 saturated carbocycles. The van der Waals surface area contributed by atoms with Gasteiger partial charge in [0.15, 0.2) is 5.82 Å². The first kappa shape index (κ1) is 25.8. The van der Waals surface area contributed by atoms with Crippen molar-refractivity contribution in [2.24, 2.45) is 5.92 Å². The molecule has 0 spiro atoms. The molecule has 0 unspecified atom stereocenters. The molecule has 206 valence electrons.